The molecule has 1 aromatic carbocycles. The van der Waals surface area contributed by atoms with E-state index >= 15 is 0 Å². The highest BCUT2D eigenvalue weighted by Crippen LogP contribution is 2.23. The van der Waals surface area contributed by atoms with Gasteiger partial charge < -0.3 is 20.2 Å². The van der Waals surface area contributed by atoms with Gasteiger partial charge in [-0.1, -0.05) is 11.8 Å². The van der Waals surface area contributed by atoms with Gasteiger partial charge in [0, 0.05) is 11.4 Å². The van der Waals surface area contributed by atoms with Crippen molar-refractivity contribution in [2.45, 2.75) is 17.7 Å². The monoisotopic (exact) mass is 265 g/mol. The minimum absolute atomic E-state index is 0.252. The van der Waals surface area contributed by atoms with Crippen molar-refractivity contribution in [2.75, 3.05) is 24.9 Å². The van der Waals surface area contributed by atoms with Crippen LogP contribution in [0.3, 0.4) is 0 Å². The Bertz CT molecular complexity index is 537. The number of imidazole rings is 1. The molecule has 6 heteroatoms. The van der Waals surface area contributed by atoms with Crippen LogP contribution in [0.15, 0.2) is 23.4 Å². The molecule has 18 heavy (non-hydrogen) atoms. The molecule has 0 bridgehead atoms. The fourth-order valence-corrected chi connectivity index (χ4v) is 2.83. The Morgan fingerprint density at radius 2 is 2.44 bits per heavy atom. The second-order valence-electron chi connectivity index (χ2n) is 4.23. The van der Waals surface area contributed by atoms with Gasteiger partial charge in [-0.25, -0.2) is 4.98 Å². The van der Waals surface area contributed by atoms with Crippen molar-refractivity contribution in [2.24, 2.45) is 0 Å². The Morgan fingerprint density at radius 3 is 3.28 bits per heavy atom. The van der Waals surface area contributed by atoms with E-state index in [9.17, 15) is 0 Å². The van der Waals surface area contributed by atoms with Crippen molar-refractivity contribution in [1.82, 2.24) is 9.97 Å². The normalized spacial score (nSPS) is 20.3. The van der Waals surface area contributed by atoms with Crippen LogP contribution in [-0.2, 0) is 9.47 Å². The maximum atomic E-state index is 5.74. The molecule has 1 unspecified atom stereocenters. The Balaban J connectivity index is 1.67. The van der Waals surface area contributed by atoms with E-state index in [4.69, 9.17) is 15.2 Å². The Morgan fingerprint density at radius 1 is 1.50 bits per heavy atom. The Hall–Kier alpha value is -1.24. The second-order valence-corrected chi connectivity index (χ2v) is 5.24. The van der Waals surface area contributed by atoms with E-state index < -0.39 is 0 Å². The predicted molar refractivity (Wildman–Crippen MR) is 71.5 cm³/mol. The van der Waals surface area contributed by atoms with Gasteiger partial charge in [0.15, 0.2) is 5.16 Å². The van der Waals surface area contributed by atoms with Crippen LogP contribution in [-0.4, -0.2) is 35.2 Å². The number of thioether (sulfide) groups is 1. The third kappa shape index (κ3) is 2.60. The highest BCUT2D eigenvalue weighted by molar-refractivity contribution is 7.99. The average Bonchev–Trinajstić information content (AvgIpc) is 2.79. The molecule has 2 heterocycles. The maximum Gasteiger partial charge on any atom is 0.166 e. The molecule has 96 valence electrons. The third-order valence-corrected chi connectivity index (χ3v) is 3.87. The molecule has 1 aromatic heterocycles. The van der Waals surface area contributed by atoms with Gasteiger partial charge in [-0.15, -0.1) is 0 Å². The molecule has 0 aliphatic carbocycles. The van der Waals surface area contributed by atoms with Crippen molar-refractivity contribution < 1.29 is 9.47 Å². The molecule has 0 radical (unpaired) electrons. The van der Waals surface area contributed by atoms with Gasteiger partial charge in [-0.2, -0.15) is 0 Å². The number of nitrogen functional groups attached to an aromatic ring is 1. The minimum Gasteiger partial charge on any atom is -0.399 e. The summed E-state index contributed by atoms with van der Waals surface area (Å²) < 4.78 is 10.6. The predicted octanol–water partition coefficient (Wildman–Crippen LogP) is 2.00. The van der Waals surface area contributed by atoms with E-state index in [1.807, 2.05) is 18.2 Å². The van der Waals surface area contributed by atoms with Crippen molar-refractivity contribution in [3.05, 3.63) is 18.2 Å². The first-order chi connectivity index (χ1) is 8.81. The maximum absolute atomic E-state index is 5.74. The smallest absolute Gasteiger partial charge is 0.166 e. The standard InChI is InChI=1S/C12H15N3O2S/c13-8-1-2-10-11(5-8)15-12(14-10)18-6-9-3-4-16-7-17-9/h1-2,5,9H,3-4,6-7,13H2,(H,14,15). The van der Waals surface area contributed by atoms with Crippen LogP contribution >= 0.6 is 11.8 Å². The average molecular weight is 265 g/mol. The summed E-state index contributed by atoms with van der Waals surface area (Å²) in [5, 5.41) is 0.908. The number of anilines is 1. The van der Waals surface area contributed by atoms with E-state index in [2.05, 4.69) is 9.97 Å². The van der Waals surface area contributed by atoms with E-state index in [1.54, 1.807) is 11.8 Å². The zero-order chi connectivity index (χ0) is 12.4. The molecule has 5 nitrogen and oxygen atoms in total. The van der Waals surface area contributed by atoms with Crippen LogP contribution in [0.25, 0.3) is 11.0 Å². The fourth-order valence-electron chi connectivity index (χ4n) is 1.88. The molecule has 2 aromatic rings. The first kappa shape index (κ1) is 11.8. The number of benzene rings is 1. The second kappa shape index (κ2) is 5.17. The van der Waals surface area contributed by atoms with E-state index in [1.165, 1.54) is 0 Å². The molecule has 3 N–H and O–H groups in total. The number of aromatic nitrogens is 2. The quantitative estimate of drug-likeness (QED) is 0.656. The van der Waals surface area contributed by atoms with Crippen LogP contribution in [0.1, 0.15) is 6.42 Å². The summed E-state index contributed by atoms with van der Waals surface area (Å²) in [6.45, 7) is 1.18. The first-order valence-corrected chi connectivity index (χ1v) is 6.87. The van der Waals surface area contributed by atoms with Crippen LogP contribution in [0.4, 0.5) is 5.69 Å². The number of hydrogen-bond donors (Lipinski definition) is 2. The third-order valence-electron chi connectivity index (χ3n) is 2.86. The van der Waals surface area contributed by atoms with Crippen LogP contribution in [0.2, 0.25) is 0 Å². The summed E-state index contributed by atoms with van der Waals surface area (Å²) in [6.07, 6.45) is 1.20. The van der Waals surface area contributed by atoms with Gasteiger partial charge in [0.1, 0.15) is 6.79 Å². The SMILES string of the molecule is Nc1ccc2nc(SCC3CCOCO3)[nH]c2c1. The lowest BCUT2D eigenvalue weighted by Crippen LogP contribution is -2.25. The lowest BCUT2D eigenvalue weighted by Gasteiger charge is -2.21. The fraction of sp³-hybridized carbons (Fsp3) is 0.417. The number of rotatable bonds is 3. The summed E-state index contributed by atoms with van der Waals surface area (Å²) in [5.41, 5.74) is 8.40. The first-order valence-electron chi connectivity index (χ1n) is 5.88. The minimum atomic E-state index is 0.252. The number of nitrogens with one attached hydrogen (secondary N) is 1. The number of nitrogens with zero attached hydrogens (tertiary/aromatic N) is 1. The highest BCUT2D eigenvalue weighted by Gasteiger charge is 2.15. The van der Waals surface area contributed by atoms with E-state index in [-0.39, 0.29) is 6.10 Å². The molecule has 1 atom stereocenters. The molecule has 0 saturated carbocycles. The Labute approximate surface area is 109 Å². The number of fused-ring (bicyclic) bond motifs is 1. The van der Waals surface area contributed by atoms with Gasteiger partial charge in [-0.3, -0.25) is 0 Å². The number of hydrogen-bond acceptors (Lipinski definition) is 5. The summed E-state index contributed by atoms with van der Waals surface area (Å²) >= 11 is 1.67. The van der Waals surface area contributed by atoms with Gasteiger partial charge in [0.2, 0.25) is 0 Å². The lowest BCUT2D eigenvalue weighted by atomic mass is 10.3. The van der Waals surface area contributed by atoms with Crippen LogP contribution < -0.4 is 5.73 Å². The summed E-state index contributed by atoms with van der Waals surface area (Å²) in [7, 11) is 0. The molecule has 1 fully saturated rings. The topological polar surface area (TPSA) is 73.2 Å². The van der Waals surface area contributed by atoms with Crippen LogP contribution in [0, 0.1) is 0 Å². The van der Waals surface area contributed by atoms with Gasteiger partial charge in [0.05, 0.1) is 23.7 Å². The van der Waals surface area contributed by atoms with Crippen molar-refractivity contribution in [3.8, 4) is 0 Å². The number of H-pyrrole nitrogens is 1. The molecule has 1 aliphatic heterocycles. The van der Waals surface area contributed by atoms with Gasteiger partial charge in [0.25, 0.3) is 0 Å². The van der Waals surface area contributed by atoms with Crippen molar-refractivity contribution in [3.63, 3.8) is 0 Å². The number of ether oxygens (including phenoxy) is 2. The zero-order valence-corrected chi connectivity index (χ0v) is 10.7. The highest BCUT2D eigenvalue weighted by atomic mass is 32.2. The molecule has 1 aliphatic rings. The molecular formula is C12H15N3O2S. The molecule has 0 amide bonds. The molecule has 1 saturated heterocycles. The number of nitrogens with two attached hydrogens (primary N) is 1. The lowest BCUT2D eigenvalue weighted by molar-refractivity contribution is -0.130. The van der Waals surface area contributed by atoms with Gasteiger partial charge >= 0.3 is 0 Å². The summed E-state index contributed by atoms with van der Waals surface area (Å²) in [4.78, 5) is 7.76. The number of aromatic amines is 1. The molecular weight excluding hydrogens is 250 g/mol. The van der Waals surface area contributed by atoms with Gasteiger partial charge in [-0.05, 0) is 24.6 Å². The summed E-state index contributed by atoms with van der Waals surface area (Å²) in [6, 6.07) is 5.69. The van der Waals surface area contributed by atoms with Crippen molar-refractivity contribution in [1.29, 1.82) is 0 Å². The summed E-state index contributed by atoms with van der Waals surface area (Å²) in [5.74, 6) is 0.888. The van der Waals surface area contributed by atoms with E-state index in [0.717, 1.165) is 40.7 Å². The Kier molecular flexibility index (Phi) is 3.40. The van der Waals surface area contributed by atoms with Crippen molar-refractivity contribution >= 4 is 28.5 Å². The largest absolute Gasteiger partial charge is 0.399 e. The zero-order valence-electron chi connectivity index (χ0n) is 9.89. The molecule has 3 rings (SSSR count). The van der Waals surface area contributed by atoms with Crippen LogP contribution in [0.5, 0.6) is 0 Å². The molecule has 0 spiro atoms. The van der Waals surface area contributed by atoms with E-state index in [0.29, 0.717) is 6.79 Å².